The number of hydrogen-bond acceptors (Lipinski definition) is 6. The second-order valence-corrected chi connectivity index (χ2v) is 5.84. The van der Waals surface area contributed by atoms with Gasteiger partial charge in [0, 0.05) is 17.7 Å². The van der Waals surface area contributed by atoms with Gasteiger partial charge in [-0.25, -0.2) is 9.59 Å². The maximum absolute atomic E-state index is 11.9. The fourth-order valence-electron chi connectivity index (χ4n) is 2.66. The van der Waals surface area contributed by atoms with Gasteiger partial charge in [-0.2, -0.15) is 0 Å². The zero-order valence-corrected chi connectivity index (χ0v) is 13.7. The topological polar surface area (TPSA) is 128 Å². The van der Waals surface area contributed by atoms with E-state index in [1.54, 1.807) is 0 Å². The first kappa shape index (κ1) is 18.4. The predicted molar refractivity (Wildman–Crippen MR) is 87.0 cm³/mol. The Morgan fingerprint density at radius 2 is 1.96 bits per heavy atom. The summed E-state index contributed by atoms with van der Waals surface area (Å²) in [6.45, 7) is 0.877. The maximum Gasteiger partial charge on any atom is 0.338 e. The molecule has 1 aromatic rings. The number of imide groups is 1. The molecule has 0 bridgehead atoms. The van der Waals surface area contributed by atoms with Gasteiger partial charge < -0.3 is 10.1 Å². The number of carbonyl (C=O) groups excluding carboxylic acids is 3. The third kappa shape index (κ3) is 5.27. The van der Waals surface area contributed by atoms with Crippen LogP contribution in [0.25, 0.3) is 0 Å². The molecule has 0 saturated heterocycles. The van der Waals surface area contributed by atoms with Crippen molar-refractivity contribution in [3.63, 3.8) is 0 Å². The molecule has 1 saturated carbocycles. The number of nitro benzene ring substituents is 1. The van der Waals surface area contributed by atoms with Crippen molar-refractivity contribution in [2.45, 2.75) is 38.6 Å². The molecule has 9 heteroatoms. The average molecular weight is 349 g/mol. The highest BCUT2D eigenvalue weighted by molar-refractivity contribution is 5.97. The van der Waals surface area contributed by atoms with Crippen molar-refractivity contribution >= 4 is 23.6 Å². The number of amides is 3. The van der Waals surface area contributed by atoms with Crippen molar-refractivity contribution in [2.75, 3.05) is 6.61 Å². The van der Waals surface area contributed by atoms with E-state index in [0.29, 0.717) is 5.56 Å². The molecule has 2 N–H and O–H groups in total. The molecule has 0 aromatic heterocycles. The molecular formula is C16H19N3O6. The zero-order chi connectivity index (χ0) is 18.4. The van der Waals surface area contributed by atoms with Crippen LogP contribution in [0.3, 0.4) is 0 Å². The molecule has 0 heterocycles. The Morgan fingerprint density at radius 1 is 1.28 bits per heavy atom. The van der Waals surface area contributed by atoms with Gasteiger partial charge in [-0.05, 0) is 31.9 Å². The first-order chi connectivity index (χ1) is 11.9. The minimum atomic E-state index is -0.802. The fraction of sp³-hybridized carbons (Fsp3) is 0.438. The molecule has 2 rings (SSSR count). The highest BCUT2D eigenvalue weighted by atomic mass is 16.6. The number of esters is 1. The Kier molecular flexibility index (Phi) is 6.04. The van der Waals surface area contributed by atoms with Crippen molar-refractivity contribution in [2.24, 2.45) is 0 Å². The maximum atomic E-state index is 11.9. The van der Waals surface area contributed by atoms with E-state index in [1.165, 1.54) is 25.1 Å². The summed E-state index contributed by atoms with van der Waals surface area (Å²) >= 11 is 0. The van der Waals surface area contributed by atoms with Gasteiger partial charge in [0.15, 0.2) is 6.61 Å². The van der Waals surface area contributed by atoms with E-state index < -0.39 is 29.4 Å². The number of nitro groups is 1. The van der Waals surface area contributed by atoms with E-state index in [9.17, 15) is 24.5 Å². The van der Waals surface area contributed by atoms with Crippen LogP contribution in [0.2, 0.25) is 0 Å². The molecule has 0 radical (unpaired) electrons. The van der Waals surface area contributed by atoms with Crippen LogP contribution >= 0.6 is 0 Å². The predicted octanol–water partition coefficient (Wildman–Crippen LogP) is 1.83. The molecule has 1 aliphatic carbocycles. The normalized spacial score (nSPS) is 14.0. The molecule has 25 heavy (non-hydrogen) atoms. The smallest absolute Gasteiger partial charge is 0.338 e. The van der Waals surface area contributed by atoms with Crippen LogP contribution in [0, 0.1) is 17.0 Å². The SMILES string of the molecule is Cc1cc(C(=O)OCC(=O)NC(=O)NC2CCCC2)ccc1[N+](=O)[O-]. The molecule has 0 atom stereocenters. The molecule has 1 aliphatic rings. The van der Waals surface area contributed by atoms with Gasteiger partial charge in [0.25, 0.3) is 11.6 Å². The Labute approximate surface area is 143 Å². The van der Waals surface area contributed by atoms with Crippen LogP contribution < -0.4 is 10.6 Å². The van der Waals surface area contributed by atoms with Gasteiger partial charge in [-0.3, -0.25) is 20.2 Å². The Morgan fingerprint density at radius 3 is 2.56 bits per heavy atom. The number of ether oxygens (including phenoxy) is 1. The van der Waals surface area contributed by atoms with Crippen LogP contribution in [-0.2, 0) is 9.53 Å². The van der Waals surface area contributed by atoms with E-state index in [4.69, 9.17) is 4.74 Å². The zero-order valence-electron chi connectivity index (χ0n) is 13.7. The number of nitrogens with zero attached hydrogens (tertiary/aromatic N) is 1. The van der Waals surface area contributed by atoms with Crippen molar-refractivity contribution < 1.29 is 24.0 Å². The summed E-state index contributed by atoms with van der Waals surface area (Å²) in [6.07, 6.45) is 3.86. The Balaban J connectivity index is 1.80. The molecule has 9 nitrogen and oxygen atoms in total. The molecule has 1 aromatic carbocycles. The van der Waals surface area contributed by atoms with Gasteiger partial charge in [0.1, 0.15) is 0 Å². The van der Waals surface area contributed by atoms with E-state index in [2.05, 4.69) is 10.6 Å². The molecule has 0 spiro atoms. The number of urea groups is 1. The van der Waals surface area contributed by atoms with Crippen molar-refractivity contribution in [1.29, 1.82) is 0 Å². The lowest BCUT2D eigenvalue weighted by Crippen LogP contribution is -2.44. The van der Waals surface area contributed by atoms with Gasteiger partial charge in [0.05, 0.1) is 10.5 Å². The Bertz CT molecular complexity index is 697. The highest BCUT2D eigenvalue weighted by Gasteiger charge is 2.19. The molecule has 134 valence electrons. The van der Waals surface area contributed by atoms with Crippen molar-refractivity contribution in [3.05, 3.63) is 39.4 Å². The van der Waals surface area contributed by atoms with E-state index >= 15 is 0 Å². The lowest BCUT2D eigenvalue weighted by Gasteiger charge is -2.12. The number of carbonyl (C=O) groups is 3. The molecule has 3 amide bonds. The fourth-order valence-corrected chi connectivity index (χ4v) is 2.66. The molecule has 0 unspecified atom stereocenters. The summed E-state index contributed by atoms with van der Waals surface area (Å²) in [5.74, 6) is -1.55. The summed E-state index contributed by atoms with van der Waals surface area (Å²) in [5.41, 5.74) is 0.282. The van der Waals surface area contributed by atoms with Crippen LogP contribution in [0.4, 0.5) is 10.5 Å². The largest absolute Gasteiger partial charge is 0.452 e. The number of benzene rings is 1. The average Bonchev–Trinajstić information content (AvgIpc) is 3.04. The van der Waals surface area contributed by atoms with E-state index in [-0.39, 0.29) is 17.3 Å². The quantitative estimate of drug-likeness (QED) is 0.474. The third-order valence-corrected chi connectivity index (χ3v) is 3.91. The van der Waals surface area contributed by atoms with E-state index in [0.717, 1.165) is 25.7 Å². The first-order valence-corrected chi connectivity index (χ1v) is 7.89. The standard InChI is InChI=1S/C16H19N3O6/c1-10-8-11(6-7-13(10)19(23)24)15(21)25-9-14(20)18-16(22)17-12-4-2-3-5-12/h6-8,12H,2-5,9H2,1H3,(H2,17,18,20,22). The van der Waals surface area contributed by atoms with Gasteiger partial charge >= 0.3 is 12.0 Å². The minimum absolute atomic E-state index is 0.0680. The van der Waals surface area contributed by atoms with Crippen LogP contribution in [0.1, 0.15) is 41.6 Å². The summed E-state index contributed by atoms with van der Waals surface area (Å²) in [5, 5.41) is 15.5. The van der Waals surface area contributed by atoms with Gasteiger partial charge in [0.2, 0.25) is 0 Å². The monoisotopic (exact) mass is 349 g/mol. The van der Waals surface area contributed by atoms with Gasteiger partial charge in [-0.15, -0.1) is 0 Å². The highest BCUT2D eigenvalue weighted by Crippen LogP contribution is 2.19. The first-order valence-electron chi connectivity index (χ1n) is 7.89. The number of nitrogens with one attached hydrogen (secondary N) is 2. The number of hydrogen-bond donors (Lipinski definition) is 2. The number of aryl methyl sites for hydroxylation is 1. The van der Waals surface area contributed by atoms with Crippen LogP contribution in [0.15, 0.2) is 18.2 Å². The van der Waals surface area contributed by atoms with Crippen LogP contribution in [0.5, 0.6) is 0 Å². The molecule has 0 aliphatic heterocycles. The number of rotatable bonds is 5. The Hall–Kier alpha value is -2.97. The lowest BCUT2D eigenvalue weighted by atomic mass is 10.1. The minimum Gasteiger partial charge on any atom is -0.452 e. The van der Waals surface area contributed by atoms with Gasteiger partial charge in [-0.1, -0.05) is 12.8 Å². The second kappa shape index (κ2) is 8.22. The third-order valence-electron chi connectivity index (χ3n) is 3.91. The van der Waals surface area contributed by atoms with Crippen molar-refractivity contribution in [3.8, 4) is 0 Å². The summed E-state index contributed by atoms with van der Waals surface area (Å²) in [4.78, 5) is 45.3. The summed E-state index contributed by atoms with van der Waals surface area (Å²) < 4.78 is 4.82. The van der Waals surface area contributed by atoms with E-state index in [1.807, 2.05) is 0 Å². The summed E-state index contributed by atoms with van der Waals surface area (Å²) in [6, 6.07) is 3.21. The lowest BCUT2D eigenvalue weighted by molar-refractivity contribution is -0.385. The van der Waals surface area contributed by atoms with Crippen molar-refractivity contribution in [1.82, 2.24) is 10.6 Å². The second-order valence-electron chi connectivity index (χ2n) is 5.84. The molecule has 1 fully saturated rings. The summed E-state index contributed by atoms with van der Waals surface area (Å²) in [7, 11) is 0. The molecular weight excluding hydrogens is 330 g/mol. The van der Waals surface area contributed by atoms with Crippen LogP contribution in [-0.4, -0.2) is 35.5 Å².